The van der Waals surface area contributed by atoms with Crippen LogP contribution in [0.25, 0.3) is 0 Å². The molecule has 4 rings (SSSR count). The van der Waals surface area contributed by atoms with Crippen molar-refractivity contribution in [3.63, 3.8) is 0 Å². The largest absolute Gasteiger partial charge is 0.377 e. The van der Waals surface area contributed by atoms with Crippen LogP contribution in [0, 0.1) is 22.7 Å². The minimum Gasteiger partial charge on any atom is -0.377 e. The summed E-state index contributed by atoms with van der Waals surface area (Å²) in [5.41, 5.74) is 0.433. The summed E-state index contributed by atoms with van der Waals surface area (Å²) in [5.74, 6) is 1.14. The van der Waals surface area contributed by atoms with Gasteiger partial charge in [-0.25, -0.2) is 0 Å². The molecule has 2 N–H and O–H groups in total. The lowest BCUT2D eigenvalue weighted by atomic mass is 9.55. The number of ether oxygens (including phenoxy) is 1. The van der Waals surface area contributed by atoms with Crippen LogP contribution in [0.1, 0.15) is 46.0 Å². The van der Waals surface area contributed by atoms with Crippen LogP contribution in [0.5, 0.6) is 0 Å². The highest BCUT2D eigenvalue weighted by atomic mass is 16.5. The third kappa shape index (κ3) is 2.06. The van der Waals surface area contributed by atoms with Crippen molar-refractivity contribution in [2.75, 3.05) is 19.7 Å². The standard InChI is InChI=1S/C17H28N2O2/c1-16(2)13(11-4-3-9-21-14(11)16)19-15(20)12-10-17(12)5-7-18-8-6-17/h11-14,18H,3-10H2,1-2H3,(H,19,20). The monoisotopic (exact) mass is 292 g/mol. The van der Waals surface area contributed by atoms with Crippen LogP contribution in [0.15, 0.2) is 0 Å². The lowest BCUT2D eigenvalue weighted by Gasteiger charge is -2.60. The molecule has 0 aromatic carbocycles. The summed E-state index contributed by atoms with van der Waals surface area (Å²) in [4.78, 5) is 12.7. The van der Waals surface area contributed by atoms with Gasteiger partial charge in [-0.05, 0) is 50.6 Å². The normalized spacial score (nSPS) is 42.8. The van der Waals surface area contributed by atoms with E-state index >= 15 is 0 Å². The third-order valence-corrected chi connectivity index (χ3v) is 6.73. The fraction of sp³-hybridized carbons (Fsp3) is 0.941. The van der Waals surface area contributed by atoms with Gasteiger partial charge in [-0.3, -0.25) is 4.79 Å². The van der Waals surface area contributed by atoms with Crippen molar-refractivity contribution >= 4 is 5.91 Å². The molecule has 2 aliphatic carbocycles. The molecule has 2 saturated heterocycles. The summed E-state index contributed by atoms with van der Waals surface area (Å²) in [6.45, 7) is 7.55. The van der Waals surface area contributed by atoms with Crippen molar-refractivity contribution in [2.24, 2.45) is 22.7 Å². The fourth-order valence-electron chi connectivity index (χ4n) is 5.27. The van der Waals surface area contributed by atoms with Crippen LogP contribution in [-0.4, -0.2) is 37.7 Å². The van der Waals surface area contributed by atoms with Gasteiger partial charge in [0.1, 0.15) is 0 Å². The number of nitrogens with one attached hydrogen (secondary N) is 2. The van der Waals surface area contributed by atoms with E-state index in [0.717, 1.165) is 32.5 Å². The van der Waals surface area contributed by atoms with E-state index in [0.29, 0.717) is 29.4 Å². The van der Waals surface area contributed by atoms with Crippen molar-refractivity contribution in [2.45, 2.75) is 58.1 Å². The number of hydrogen-bond acceptors (Lipinski definition) is 3. The number of piperidine rings is 1. The molecule has 2 aliphatic heterocycles. The summed E-state index contributed by atoms with van der Waals surface area (Å²) >= 11 is 0. The van der Waals surface area contributed by atoms with Gasteiger partial charge in [-0.2, -0.15) is 0 Å². The SMILES string of the molecule is CC1(C)C(NC(=O)C2CC23CCNCC3)C2CCCOC21. The molecule has 0 bridgehead atoms. The summed E-state index contributed by atoms with van der Waals surface area (Å²) in [6.07, 6.45) is 6.16. The second kappa shape index (κ2) is 4.69. The predicted octanol–water partition coefficient (Wildman–Crippen LogP) is 1.70. The summed E-state index contributed by atoms with van der Waals surface area (Å²) in [7, 11) is 0. The average Bonchev–Trinajstić information content (AvgIpc) is 3.18. The minimum atomic E-state index is 0.0942. The van der Waals surface area contributed by atoms with Crippen LogP contribution in [0.4, 0.5) is 0 Å². The molecule has 0 aromatic rings. The van der Waals surface area contributed by atoms with E-state index in [2.05, 4.69) is 24.5 Å². The zero-order chi connectivity index (χ0) is 14.7. The molecule has 118 valence electrons. The number of carbonyl (C=O) groups is 1. The Kier molecular flexibility index (Phi) is 3.13. The summed E-state index contributed by atoms with van der Waals surface area (Å²) < 4.78 is 5.93. The first kappa shape index (κ1) is 14.0. The highest BCUT2D eigenvalue weighted by molar-refractivity contribution is 5.83. The second-order valence-corrected chi connectivity index (χ2v) is 8.27. The molecule has 1 amide bonds. The molecule has 2 saturated carbocycles. The molecule has 0 radical (unpaired) electrons. The van der Waals surface area contributed by atoms with Gasteiger partial charge >= 0.3 is 0 Å². The van der Waals surface area contributed by atoms with Gasteiger partial charge in [0, 0.05) is 29.9 Å². The van der Waals surface area contributed by atoms with E-state index in [4.69, 9.17) is 4.74 Å². The van der Waals surface area contributed by atoms with Crippen LogP contribution >= 0.6 is 0 Å². The molecule has 4 unspecified atom stereocenters. The molecule has 21 heavy (non-hydrogen) atoms. The first-order chi connectivity index (χ1) is 10.0. The molecule has 4 atom stereocenters. The van der Waals surface area contributed by atoms with Gasteiger partial charge in [0.05, 0.1) is 6.10 Å². The van der Waals surface area contributed by atoms with Crippen LogP contribution in [-0.2, 0) is 9.53 Å². The van der Waals surface area contributed by atoms with E-state index in [9.17, 15) is 4.79 Å². The van der Waals surface area contributed by atoms with Gasteiger partial charge in [0.25, 0.3) is 0 Å². The van der Waals surface area contributed by atoms with Gasteiger partial charge in [0.15, 0.2) is 0 Å². The Morgan fingerprint density at radius 2 is 2.05 bits per heavy atom. The average molecular weight is 292 g/mol. The maximum atomic E-state index is 12.7. The van der Waals surface area contributed by atoms with E-state index in [1.807, 2.05) is 0 Å². The number of hydrogen-bond donors (Lipinski definition) is 2. The Bertz CT molecular complexity index is 442. The predicted molar refractivity (Wildman–Crippen MR) is 80.8 cm³/mol. The molecule has 4 fully saturated rings. The van der Waals surface area contributed by atoms with E-state index < -0.39 is 0 Å². The number of fused-ring (bicyclic) bond motifs is 1. The Morgan fingerprint density at radius 1 is 1.29 bits per heavy atom. The van der Waals surface area contributed by atoms with Crippen molar-refractivity contribution in [1.29, 1.82) is 0 Å². The topological polar surface area (TPSA) is 50.4 Å². The first-order valence-electron chi connectivity index (χ1n) is 8.67. The molecule has 1 spiro atoms. The van der Waals surface area contributed by atoms with Crippen molar-refractivity contribution < 1.29 is 9.53 Å². The Balaban J connectivity index is 1.39. The highest BCUT2D eigenvalue weighted by Gasteiger charge is 2.62. The third-order valence-electron chi connectivity index (χ3n) is 6.73. The van der Waals surface area contributed by atoms with Gasteiger partial charge < -0.3 is 15.4 Å². The lowest BCUT2D eigenvalue weighted by molar-refractivity contribution is -0.194. The summed E-state index contributed by atoms with van der Waals surface area (Å²) in [6, 6.07) is 0.315. The van der Waals surface area contributed by atoms with Gasteiger partial charge in [-0.1, -0.05) is 13.8 Å². The minimum absolute atomic E-state index is 0.0942. The molecule has 4 aliphatic rings. The van der Waals surface area contributed by atoms with Crippen molar-refractivity contribution in [1.82, 2.24) is 10.6 Å². The van der Waals surface area contributed by atoms with Gasteiger partial charge in [-0.15, -0.1) is 0 Å². The van der Waals surface area contributed by atoms with Crippen molar-refractivity contribution in [3.05, 3.63) is 0 Å². The van der Waals surface area contributed by atoms with Gasteiger partial charge in [0.2, 0.25) is 5.91 Å². The maximum Gasteiger partial charge on any atom is 0.223 e. The number of rotatable bonds is 2. The molecular formula is C17H28N2O2. The van der Waals surface area contributed by atoms with Crippen LogP contribution < -0.4 is 10.6 Å². The number of carbonyl (C=O) groups excluding carboxylic acids is 1. The molecule has 0 aromatic heterocycles. The summed E-state index contributed by atoms with van der Waals surface area (Å²) in [5, 5.41) is 6.81. The number of amides is 1. The first-order valence-corrected chi connectivity index (χ1v) is 8.67. The zero-order valence-electron chi connectivity index (χ0n) is 13.3. The fourth-order valence-corrected chi connectivity index (χ4v) is 5.27. The molecule has 4 heteroatoms. The van der Waals surface area contributed by atoms with Crippen LogP contribution in [0.2, 0.25) is 0 Å². The Morgan fingerprint density at radius 3 is 2.81 bits per heavy atom. The molecule has 4 nitrogen and oxygen atoms in total. The van der Waals surface area contributed by atoms with E-state index in [1.54, 1.807) is 0 Å². The highest BCUT2D eigenvalue weighted by Crippen LogP contribution is 2.59. The Labute approximate surface area is 127 Å². The van der Waals surface area contributed by atoms with Crippen LogP contribution in [0.3, 0.4) is 0 Å². The quantitative estimate of drug-likeness (QED) is 0.814. The lowest BCUT2D eigenvalue weighted by Crippen LogP contribution is -2.70. The van der Waals surface area contributed by atoms with E-state index in [1.165, 1.54) is 19.3 Å². The van der Waals surface area contributed by atoms with E-state index in [-0.39, 0.29) is 11.3 Å². The molecule has 2 heterocycles. The zero-order valence-corrected chi connectivity index (χ0v) is 13.3. The molecular weight excluding hydrogens is 264 g/mol. The maximum absolute atomic E-state index is 12.7. The Hall–Kier alpha value is -0.610. The van der Waals surface area contributed by atoms with Crippen molar-refractivity contribution in [3.8, 4) is 0 Å². The smallest absolute Gasteiger partial charge is 0.223 e. The second-order valence-electron chi connectivity index (χ2n) is 8.27.